The first-order chi connectivity index (χ1) is 9.67. The number of carbonyl (C=O) groups excluding carboxylic acids is 1. The van der Waals surface area contributed by atoms with Crippen molar-refractivity contribution in [3.05, 3.63) is 27.7 Å². The summed E-state index contributed by atoms with van der Waals surface area (Å²) in [4.78, 5) is 18.5. The fourth-order valence-corrected chi connectivity index (χ4v) is 3.06. The molecule has 3 rings (SSSR count). The van der Waals surface area contributed by atoms with E-state index in [2.05, 4.69) is 26.7 Å². The Labute approximate surface area is 121 Å². The molecule has 6 nitrogen and oxygen atoms in total. The summed E-state index contributed by atoms with van der Waals surface area (Å²) in [6, 6.07) is 0. The Morgan fingerprint density at radius 2 is 2.25 bits per heavy atom. The molecular formula is C13H17N5OS. The summed E-state index contributed by atoms with van der Waals surface area (Å²) in [6.07, 6.45) is 1.25. The topological polar surface area (TPSA) is 63.9 Å². The van der Waals surface area contributed by atoms with E-state index in [4.69, 9.17) is 0 Å². The van der Waals surface area contributed by atoms with Crippen LogP contribution < -0.4 is 0 Å². The van der Waals surface area contributed by atoms with Crippen LogP contribution in [-0.4, -0.2) is 37.1 Å². The van der Waals surface area contributed by atoms with E-state index in [1.165, 1.54) is 0 Å². The molecule has 0 unspecified atom stereocenters. The predicted octanol–water partition coefficient (Wildman–Crippen LogP) is 1.19. The predicted molar refractivity (Wildman–Crippen MR) is 75.4 cm³/mol. The Hall–Kier alpha value is -1.76. The van der Waals surface area contributed by atoms with Crippen molar-refractivity contribution in [1.82, 2.24) is 24.6 Å². The zero-order valence-corrected chi connectivity index (χ0v) is 12.5. The van der Waals surface area contributed by atoms with Gasteiger partial charge in [0.05, 0.1) is 23.7 Å². The highest BCUT2D eigenvalue weighted by Gasteiger charge is 2.24. The molecular weight excluding hydrogens is 274 g/mol. The SMILES string of the molecule is CCc1nnc2n1CCN(C(=O)Cc1csc(C)n1)C2. The summed E-state index contributed by atoms with van der Waals surface area (Å²) in [7, 11) is 0. The van der Waals surface area contributed by atoms with Gasteiger partial charge in [0.25, 0.3) is 0 Å². The molecule has 3 heterocycles. The number of hydrogen-bond donors (Lipinski definition) is 0. The second kappa shape index (κ2) is 5.32. The van der Waals surface area contributed by atoms with E-state index in [0.29, 0.717) is 13.0 Å². The summed E-state index contributed by atoms with van der Waals surface area (Å²) in [5, 5.41) is 11.3. The second-order valence-electron chi connectivity index (χ2n) is 4.89. The Morgan fingerprint density at radius 3 is 2.95 bits per heavy atom. The Kier molecular flexibility index (Phi) is 3.52. The van der Waals surface area contributed by atoms with Gasteiger partial charge in [-0.1, -0.05) is 6.92 Å². The molecule has 1 aliphatic rings. The van der Waals surface area contributed by atoms with Gasteiger partial charge in [0.2, 0.25) is 5.91 Å². The number of thiazole rings is 1. The van der Waals surface area contributed by atoms with Gasteiger partial charge in [0.1, 0.15) is 5.82 Å². The highest BCUT2D eigenvalue weighted by Crippen LogP contribution is 2.15. The molecule has 2 aromatic heterocycles. The number of rotatable bonds is 3. The minimum Gasteiger partial charge on any atom is -0.333 e. The highest BCUT2D eigenvalue weighted by atomic mass is 32.1. The normalized spacial score (nSPS) is 14.4. The van der Waals surface area contributed by atoms with Crippen LogP contribution in [0.1, 0.15) is 29.3 Å². The molecule has 0 bridgehead atoms. The van der Waals surface area contributed by atoms with Gasteiger partial charge >= 0.3 is 0 Å². The third-order valence-electron chi connectivity index (χ3n) is 3.50. The van der Waals surface area contributed by atoms with Gasteiger partial charge in [-0.15, -0.1) is 21.5 Å². The molecule has 0 saturated carbocycles. The summed E-state index contributed by atoms with van der Waals surface area (Å²) in [5.74, 6) is 2.00. The van der Waals surface area contributed by atoms with E-state index < -0.39 is 0 Å². The Morgan fingerprint density at radius 1 is 1.40 bits per heavy atom. The van der Waals surface area contributed by atoms with Crippen LogP contribution in [0.5, 0.6) is 0 Å². The van der Waals surface area contributed by atoms with E-state index in [0.717, 1.165) is 41.9 Å². The van der Waals surface area contributed by atoms with Crippen LogP contribution in [0.15, 0.2) is 5.38 Å². The maximum absolute atomic E-state index is 12.3. The first kappa shape index (κ1) is 13.2. The number of aromatic nitrogens is 4. The smallest absolute Gasteiger partial charge is 0.229 e. The van der Waals surface area contributed by atoms with Crippen molar-refractivity contribution in [1.29, 1.82) is 0 Å². The van der Waals surface area contributed by atoms with Gasteiger partial charge in [-0.2, -0.15) is 0 Å². The van der Waals surface area contributed by atoms with Crippen LogP contribution in [0.3, 0.4) is 0 Å². The minimum absolute atomic E-state index is 0.114. The van der Waals surface area contributed by atoms with Crippen LogP contribution in [-0.2, 0) is 30.7 Å². The fraction of sp³-hybridized carbons (Fsp3) is 0.538. The third kappa shape index (κ3) is 2.45. The Bertz CT molecular complexity index is 632. The van der Waals surface area contributed by atoms with Gasteiger partial charge in [0.15, 0.2) is 5.82 Å². The lowest BCUT2D eigenvalue weighted by Gasteiger charge is -2.27. The number of amides is 1. The Balaban J connectivity index is 1.69. The molecule has 1 aliphatic heterocycles. The molecule has 0 fully saturated rings. The summed E-state index contributed by atoms with van der Waals surface area (Å²) >= 11 is 1.58. The van der Waals surface area contributed by atoms with Crippen molar-refractivity contribution < 1.29 is 4.79 Å². The lowest BCUT2D eigenvalue weighted by Crippen LogP contribution is -2.39. The quantitative estimate of drug-likeness (QED) is 0.852. The molecule has 20 heavy (non-hydrogen) atoms. The van der Waals surface area contributed by atoms with Crippen molar-refractivity contribution in [3.8, 4) is 0 Å². The molecule has 0 aliphatic carbocycles. The summed E-state index contributed by atoms with van der Waals surface area (Å²) < 4.78 is 2.12. The van der Waals surface area contributed by atoms with Crippen molar-refractivity contribution in [2.45, 2.75) is 39.8 Å². The lowest BCUT2D eigenvalue weighted by molar-refractivity contribution is -0.132. The van der Waals surface area contributed by atoms with Crippen molar-refractivity contribution >= 4 is 17.2 Å². The van der Waals surface area contributed by atoms with E-state index in [-0.39, 0.29) is 5.91 Å². The molecule has 0 aromatic carbocycles. The van der Waals surface area contributed by atoms with Gasteiger partial charge in [0, 0.05) is 24.9 Å². The number of fused-ring (bicyclic) bond motifs is 1. The molecule has 1 amide bonds. The summed E-state index contributed by atoms with van der Waals surface area (Å²) in [6.45, 7) is 6.08. The first-order valence-corrected chi connectivity index (χ1v) is 7.65. The van der Waals surface area contributed by atoms with Crippen LogP contribution >= 0.6 is 11.3 Å². The van der Waals surface area contributed by atoms with Crippen LogP contribution in [0.2, 0.25) is 0 Å². The maximum Gasteiger partial charge on any atom is 0.229 e. The first-order valence-electron chi connectivity index (χ1n) is 6.77. The third-order valence-corrected chi connectivity index (χ3v) is 4.32. The number of carbonyl (C=O) groups is 1. The van der Waals surface area contributed by atoms with Crippen LogP contribution in [0.4, 0.5) is 0 Å². The molecule has 0 atom stereocenters. The fourth-order valence-electron chi connectivity index (χ4n) is 2.45. The highest BCUT2D eigenvalue weighted by molar-refractivity contribution is 7.09. The van der Waals surface area contributed by atoms with E-state index in [1.807, 2.05) is 17.2 Å². The van der Waals surface area contributed by atoms with E-state index in [9.17, 15) is 4.79 Å². The molecule has 0 spiro atoms. The monoisotopic (exact) mass is 291 g/mol. The molecule has 106 valence electrons. The largest absolute Gasteiger partial charge is 0.333 e. The molecule has 0 radical (unpaired) electrons. The second-order valence-corrected chi connectivity index (χ2v) is 5.95. The standard InChI is InChI=1S/C13H17N5OS/c1-3-11-15-16-12-7-17(4-5-18(11)12)13(19)6-10-8-20-9(2)14-10/h8H,3-7H2,1-2H3. The zero-order valence-electron chi connectivity index (χ0n) is 11.7. The van der Waals surface area contributed by atoms with Crippen LogP contribution in [0, 0.1) is 6.92 Å². The summed E-state index contributed by atoms with van der Waals surface area (Å²) in [5.41, 5.74) is 0.860. The average molecular weight is 291 g/mol. The van der Waals surface area contributed by atoms with Gasteiger partial charge < -0.3 is 9.47 Å². The molecule has 0 N–H and O–H groups in total. The number of nitrogens with zero attached hydrogens (tertiary/aromatic N) is 5. The van der Waals surface area contributed by atoms with Crippen molar-refractivity contribution in [2.75, 3.05) is 6.54 Å². The van der Waals surface area contributed by atoms with Crippen LogP contribution in [0.25, 0.3) is 0 Å². The average Bonchev–Trinajstić information content (AvgIpc) is 3.03. The van der Waals surface area contributed by atoms with Crippen molar-refractivity contribution in [2.24, 2.45) is 0 Å². The molecule has 7 heteroatoms. The number of hydrogen-bond acceptors (Lipinski definition) is 5. The van der Waals surface area contributed by atoms with Crippen molar-refractivity contribution in [3.63, 3.8) is 0 Å². The van der Waals surface area contributed by atoms with E-state index in [1.54, 1.807) is 11.3 Å². The van der Waals surface area contributed by atoms with Gasteiger partial charge in [-0.05, 0) is 6.92 Å². The van der Waals surface area contributed by atoms with Gasteiger partial charge in [-0.25, -0.2) is 4.98 Å². The van der Waals surface area contributed by atoms with E-state index >= 15 is 0 Å². The zero-order chi connectivity index (χ0) is 14.1. The lowest BCUT2D eigenvalue weighted by atomic mass is 10.2. The maximum atomic E-state index is 12.3. The minimum atomic E-state index is 0.114. The molecule has 2 aromatic rings. The van der Waals surface area contributed by atoms with Gasteiger partial charge in [-0.3, -0.25) is 4.79 Å². The molecule has 0 saturated heterocycles. The number of aryl methyl sites for hydroxylation is 2.